The zero-order valence-electron chi connectivity index (χ0n) is 11.4. The van der Waals surface area contributed by atoms with Crippen LogP contribution in [0, 0.1) is 0 Å². The van der Waals surface area contributed by atoms with Gasteiger partial charge in [-0.25, -0.2) is 0 Å². The van der Waals surface area contributed by atoms with Crippen LogP contribution in [0.4, 0.5) is 0 Å². The zero-order chi connectivity index (χ0) is 13.5. The highest BCUT2D eigenvalue weighted by Crippen LogP contribution is 2.17. The van der Waals surface area contributed by atoms with Crippen molar-refractivity contribution in [2.24, 2.45) is 5.73 Å². The van der Waals surface area contributed by atoms with Gasteiger partial charge in [0, 0.05) is 12.6 Å². The molecule has 0 aromatic rings. The SMILES string of the molecule is CCN(CC(N)=S)C(C)C(=O)NC1CCCCC1. The molecule has 1 aliphatic carbocycles. The van der Waals surface area contributed by atoms with Crippen LogP contribution in [0.25, 0.3) is 0 Å². The molecular formula is C13H25N3OS. The monoisotopic (exact) mass is 271 g/mol. The molecule has 0 aromatic carbocycles. The number of hydrogen-bond acceptors (Lipinski definition) is 3. The van der Waals surface area contributed by atoms with Crippen LogP contribution in [0.5, 0.6) is 0 Å². The second-order valence-corrected chi connectivity index (χ2v) is 5.57. The number of likely N-dealkylation sites (N-methyl/N-ethyl adjacent to an activating group) is 1. The molecule has 0 heterocycles. The van der Waals surface area contributed by atoms with Gasteiger partial charge in [-0.05, 0) is 26.3 Å². The molecule has 1 saturated carbocycles. The molecule has 0 saturated heterocycles. The van der Waals surface area contributed by atoms with Gasteiger partial charge in [0.15, 0.2) is 0 Å². The van der Waals surface area contributed by atoms with Crippen molar-refractivity contribution in [3.05, 3.63) is 0 Å². The van der Waals surface area contributed by atoms with Crippen LogP contribution in [-0.4, -0.2) is 41.0 Å². The fourth-order valence-corrected chi connectivity index (χ4v) is 2.62. The van der Waals surface area contributed by atoms with Gasteiger partial charge in [-0.3, -0.25) is 9.69 Å². The molecule has 5 heteroatoms. The summed E-state index contributed by atoms with van der Waals surface area (Å²) in [6.07, 6.45) is 5.97. The zero-order valence-corrected chi connectivity index (χ0v) is 12.3. The summed E-state index contributed by atoms with van der Waals surface area (Å²) in [6, 6.07) is 0.190. The van der Waals surface area contributed by atoms with E-state index >= 15 is 0 Å². The molecule has 1 fully saturated rings. The van der Waals surface area contributed by atoms with Crippen molar-refractivity contribution in [3.63, 3.8) is 0 Å². The Bertz CT molecular complexity index is 290. The summed E-state index contributed by atoms with van der Waals surface area (Å²) >= 11 is 4.91. The molecule has 104 valence electrons. The quantitative estimate of drug-likeness (QED) is 0.718. The number of carbonyl (C=O) groups excluding carboxylic acids is 1. The van der Waals surface area contributed by atoms with Crippen molar-refractivity contribution in [2.75, 3.05) is 13.1 Å². The van der Waals surface area contributed by atoms with Crippen molar-refractivity contribution in [1.29, 1.82) is 0 Å². The van der Waals surface area contributed by atoms with E-state index in [-0.39, 0.29) is 11.9 Å². The van der Waals surface area contributed by atoms with E-state index in [4.69, 9.17) is 18.0 Å². The number of hydrogen-bond donors (Lipinski definition) is 2. The van der Waals surface area contributed by atoms with E-state index in [1.165, 1.54) is 19.3 Å². The lowest BCUT2D eigenvalue weighted by Crippen LogP contribution is -2.50. The lowest BCUT2D eigenvalue weighted by atomic mass is 9.95. The van der Waals surface area contributed by atoms with E-state index in [9.17, 15) is 4.79 Å². The van der Waals surface area contributed by atoms with Crippen LogP contribution in [0.2, 0.25) is 0 Å². The first-order valence-electron chi connectivity index (χ1n) is 6.87. The van der Waals surface area contributed by atoms with Crippen molar-refractivity contribution < 1.29 is 4.79 Å². The summed E-state index contributed by atoms with van der Waals surface area (Å²) in [5.41, 5.74) is 5.55. The predicted octanol–water partition coefficient (Wildman–Crippen LogP) is 1.43. The van der Waals surface area contributed by atoms with Gasteiger partial charge in [0.25, 0.3) is 0 Å². The van der Waals surface area contributed by atoms with Gasteiger partial charge in [0.05, 0.1) is 11.0 Å². The van der Waals surface area contributed by atoms with Gasteiger partial charge in [0.1, 0.15) is 0 Å². The number of rotatable bonds is 6. The van der Waals surface area contributed by atoms with Crippen LogP contribution in [-0.2, 0) is 4.79 Å². The Labute approximate surface area is 115 Å². The first-order valence-corrected chi connectivity index (χ1v) is 7.28. The number of nitrogens with two attached hydrogens (primary N) is 1. The number of nitrogens with zero attached hydrogens (tertiary/aromatic N) is 1. The van der Waals surface area contributed by atoms with Crippen molar-refractivity contribution in [1.82, 2.24) is 10.2 Å². The minimum atomic E-state index is -0.168. The van der Waals surface area contributed by atoms with Gasteiger partial charge in [-0.1, -0.05) is 38.4 Å². The molecule has 1 amide bonds. The molecule has 0 aliphatic heterocycles. The minimum absolute atomic E-state index is 0.0972. The molecule has 1 atom stereocenters. The Kier molecular flexibility index (Phi) is 6.57. The highest BCUT2D eigenvalue weighted by atomic mass is 32.1. The van der Waals surface area contributed by atoms with E-state index in [2.05, 4.69) is 5.32 Å². The van der Waals surface area contributed by atoms with Gasteiger partial charge < -0.3 is 11.1 Å². The Morgan fingerprint density at radius 1 is 1.44 bits per heavy atom. The highest BCUT2D eigenvalue weighted by molar-refractivity contribution is 7.80. The fraction of sp³-hybridized carbons (Fsp3) is 0.846. The smallest absolute Gasteiger partial charge is 0.237 e. The third kappa shape index (κ3) is 4.90. The Morgan fingerprint density at radius 3 is 2.56 bits per heavy atom. The fourth-order valence-electron chi connectivity index (χ4n) is 2.46. The van der Waals surface area contributed by atoms with Gasteiger partial charge in [0.2, 0.25) is 5.91 Å². The third-order valence-electron chi connectivity index (χ3n) is 3.64. The number of nitrogens with one attached hydrogen (secondary N) is 1. The predicted molar refractivity (Wildman–Crippen MR) is 78.5 cm³/mol. The van der Waals surface area contributed by atoms with Gasteiger partial charge in [-0.2, -0.15) is 0 Å². The van der Waals surface area contributed by atoms with Crippen LogP contribution >= 0.6 is 12.2 Å². The van der Waals surface area contributed by atoms with E-state index in [0.29, 0.717) is 17.6 Å². The van der Waals surface area contributed by atoms with Crippen molar-refractivity contribution in [3.8, 4) is 0 Å². The molecule has 1 unspecified atom stereocenters. The van der Waals surface area contributed by atoms with E-state index in [1.807, 2.05) is 18.7 Å². The maximum Gasteiger partial charge on any atom is 0.237 e. The molecule has 0 aromatic heterocycles. The molecular weight excluding hydrogens is 246 g/mol. The first-order chi connectivity index (χ1) is 8.54. The van der Waals surface area contributed by atoms with E-state index in [0.717, 1.165) is 19.4 Å². The number of thiocarbonyl (C=S) groups is 1. The summed E-state index contributed by atoms with van der Waals surface area (Å²) in [7, 11) is 0. The largest absolute Gasteiger partial charge is 0.392 e. The van der Waals surface area contributed by atoms with E-state index < -0.39 is 0 Å². The van der Waals surface area contributed by atoms with Crippen molar-refractivity contribution in [2.45, 2.75) is 58.0 Å². The minimum Gasteiger partial charge on any atom is -0.392 e. The third-order valence-corrected chi connectivity index (χ3v) is 3.77. The second kappa shape index (κ2) is 7.69. The summed E-state index contributed by atoms with van der Waals surface area (Å²) < 4.78 is 0. The lowest BCUT2D eigenvalue weighted by molar-refractivity contribution is -0.126. The van der Waals surface area contributed by atoms with Gasteiger partial charge >= 0.3 is 0 Å². The molecule has 0 spiro atoms. The standard InChI is InChI=1S/C13H25N3OS/c1-3-16(9-12(14)18)10(2)13(17)15-11-7-5-4-6-8-11/h10-11H,3-9H2,1-2H3,(H2,14,18)(H,15,17). The maximum absolute atomic E-state index is 12.2. The van der Waals surface area contributed by atoms with Crippen LogP contribution in [0.1, 0.15) is 46.0 Å². The summed E-state index contributed by atoms with van der Waals surface area (Å²) in [5.74, 6) is 0.0972. The second-order valence-electron chi connectivity index (χ2n) is 5.05. The number of carbonyl (C=O) groups is 1. The molecule has 0 radical (unpaired) electrons. The Morgan fingerprint density at radius 2 is 2.06 bits per heavy atom. The van der Waals surface area contributed by atoms with Crippen LogP contribution in [0.15, 0.2) is 0 Å². The topological polar surface area (TPSA) is 58.4 Å². The van der Waals surface area contributed by atoms with E-state index in [1.54, 1.807) is 0 Å². The maximum atomic E-state index is 12.2. The van der Waals surface area contributed by atoms with Crippen LogP contribution < -0.4 is 11.1 Å². The molecule has 0 bridgehead atoms. The molecule has 1 rings (SSSR count). The first kappa shape index (κ1) is 15.4. The van der Waals surface area contributed by atoms with Crippen LogP contribution in [0.3, 0.4) is 0 Å². The average Bonchev–Trinajstić information content (AvgIpc) is 2.36. The van der Waals surface area contributed by atoms with Gasteiger partial charge in [-0.15, -0.1) is 0 Å². The molecule has 18 heavy (non-hydrogen) atoms. The molecule has 3 N–H and O–H groups in total. The summed E-state index contributed by atoms with van der Waals surface area (Å²) in [4.78, 5) is 14.6. The normalized spacial score (nSPS) is 18.6. The molecule has 4 nitrogen and oxygen atoms in total. The molecule has 1 aliphatic rings. The summed E-state index contributed by atoms with van der Waals surface area (Å²) in [5, 5.41) is 3.14. The summed E-state index contributed by atoms with van der Waals surface area (Å²) in [6.45, 7) is 5.21. The Hall–Kier alpha value is -0.680. The highest BCUT2D eigenvalue weighted by Gasteiger charge is 2.23. The lowest BCUT2D eigenvalue weighted by Gasteiger charge is -2.29. The number of amides is 1. The average molecular weight is 271 g/mol. The van der Waals surface area contributed by atoms with Crippen molar-refractivity contribution >= 4 is 23.1 Å². The Balaban J connectivity index is 2.45.